The first-order valence-corrected chi connectivity index (χ1v) is 7.04. The molecule has 1 unspecified atom stereocenters. The van der Waals surface area contributed by atoms with Crippen molar-refractivity contribution in [3.05, 3.63) is 71.9 Å². The molecule has 21 heavy (non-hydrogen) atoms. The molecule has 106 valence electrons. The van der Waals surface area contributed by atoms with Gasteiger partial charge in [-0.3, -0.25) is 4.98 Å². The van der Waals surface area contributed by atoms with E-state index in [0.717, 1.165) is 22.2 Å². The Hall–Kier alpha value is -2.39. The van der Waals surface area contributed by atoms with E-state index in [1.165, 1.54) is 5.56 Å². The molecule has 0 aliphatic rings. The predicted octanol–water partition coefficient (Wildman–Crippen LogP) is 3.62. The molecule has 3 heteroatoms. The molecule has 3 rings (SSSR count). The van der Waals surface area contributed by atoms with Gasteiger partial charge in [0.15, 0.2) is 0 Å². The molecule has 1 heterocycles. The van der Waals surface area contributed by atoms with E-state index in [9.17, 15) is 0 Å². The van der Waals surface area contributed by atoms with Crippen LogP contribution in [-0.2, 0) is 0 Å². The Morgan fingerprint density at radius 2 is 1.90 bits per heavy atom. The summed E-state index contributed by atoms with van der Waals surface area (Å²) < 4.78 is 6.03. The summed E-state index contributed by atoms with van der Waals surface area (Å²) >= 11 is 0. The highest BCUT2D eigenvalue weighted by Crippen LogP contribution is 2.24. The van der Waals surface area contributed by atoms with E-state index in [1.807, 2.05) is 30.3 Å². The molecule has 0 spiro atoms. The molecule has 2 N–H and O–H groups in total. The van der Waals surface area contributed by atoms with E-state index in [4.69, 9.17) is 10.5 Å². The predicted molar refractivity (Wildman–Crippen MR) is 85.3 cm³/mol. The van der Waals surface area contributed by atoms with Crippen LogP contribution in [0.5, 0.6) is 5.75 Å². The van der Waals surface area contributed by atoms with Crippen LogP contribution < -0.4 is 10.5 Å². The fourth-order valence-electron chi connectivity index (χ4n) is 2.32. The maximum Gasteiger partial charge on any atom is 0.136 e. The standard InChI is InChI=1S/C18H18N2O/c1-13-4-6-15(7-5-13)18(12-19)21-16-9-8-14-3-2-10-20-17(14)11-16/h2-11,18H,12,19H2,1H3. The Kier molecular flexibility index (Phi) is 3.84. The van der Waals surface area contributed by atoms with Crippen LogP contribution in [0.25, 0.3) is 10.9 Å². The SMILES string of the molecule is Cc1ccc(C(CN)Oc2ccc3cccnc3c2)cc1. The zero-order valence-corrected chi connectivity index (χ0v) is 12.0. The first-order valence-electron chi connectivity index (χ1n) is 7.04. The number of hydrogen-bond donors (Lipinski definition) is 1. The molecule has 1 aromatic heterocycles. The molecule has 0 bridgehead atoms. The van der Waals surface area contributed by atoms with E-state index in [2.05, 4.69) is 36.2 Å². The summed E-state index contributed by atoms with van der Waals surface area (Å²) in [6.07, 6.45) is 1.64. The van der Waals surface area contributed by atoms with Gasteiger partial charge < -0.3 is 10.5 Å². The normalized spacial score (nSPS) is 12.3. The third-order valence-corrected chi connectivity index (χ3v) is 3.52. The Bertz CT molecular complexity index is 738. The van der Waals surface area contributed by atoms with Crippen molar-refractivity contribution in [1.29, 1.82) is 0 Å². The van der Waals surface area contributed by atoms with Crippen LogP contribution in [-0.4, -0.2) is 11.5 Å². The third kappa shape index (κ3) is 3.03. The van der Waals surface area contributed by atoms with Gasteiger partial charge in [-0.25, -0.2) is 0 Å². The van der Waals surface area contributed by atoms with Crippen LogP contribution in [0.15, 0.2) is 60.8 Å². The molecule has 0 aliphatic heterocycles. The van der Waals surface area contributed by atoms with E-state index >= 15 is 0 Å². The number of ether oxygens (including phenoxy) is 1. The summed E-state index contributed by atoms with van der Waals surface area (Å²) in [7, 11) is 0. The van der Waals surface area contributed by atoms with Crippen LogP contribution in [0, 0.1) is 6.92 Å². The summed E-state index contributed by atoms with van der Waals surface area (Å²) in [5.41, 5.74) is 9.10. The molecule has 0 amide bonds. The minimum atomic E-state index is -0.147. The topological polar surface area (TPSA) is 48.1 Å². The van der Waals surface area contributed by atoms with Crippen molar-refractivity contribution in [2.45, 2.75) is 13.0 Å². The van der Waals surface area contributed by atoms with Crippen LogP contribution in [0.3, 0.4) is 0 Å². The van der Waals surface area contributed by atoms with Gasteiger partial charge in [0.1, 0.15) is 11.9 Å². The summed E-state index contributed by atoms with van der Waals surface area (Å²) in [4.78, 5) is 4.35. The second kappa shape index (κ2) is 5.94. The van der Waals surface area contributed by atoms with Crippen molar-refractivity contribution < 1.29 is 4.74 Å². The molecule has 0 aliphatic carbocycles. The van der Waals surface area contributed by atoms with Gasteiger partial charge in [-0.15, -0.1) is 0 Å². The third-order valence-electron chi connectivity index (χ3n) is 3.52. The Morgan fingerprint density at radius 3 is 2.67 bits per heavy atom. The smallest absolute Gasteiger partial charge is 0.136 e. The number of benzene rings is 2. The quantitative estimate of drug-likeness (QED) is 0.793. The number of aromatic nitrogens is 1. The van der Waals surface area contributed by atoms with E-state index in [-0.39, 0.29) is 6.10 Å². The van der Waals surface area contributed by atoms with E-state index in [0.29, 0.717) is 6.54 Å². The van der Waals surface area contributed by atoms with Gasteiger partial charge >= 0.3 is 0 Å². The lowest BCUT2D eigenvalue weighted by Gasteiger charge is -2.18. The minimum Gasteiger partial charge on any atom is -0.484 e. The monoisotopic (exact) mass is 278 g/mol. The van der Waals surface area contributed by atoms with Gasteiger partial charge in [-0.2, -0.15) is 0 Å². The second-order valence-corrected chi connectivity index (χ2v) is 5.11. The molecule has 2 aromatic carbocycles. The average molecular weight is 278 g/mol. The van der Waals surface area contributed by atoms with Crippen molar-refractivity contribution in [3.63, 3.8) is 0 Å². The number of rotatable bonds is 4. The second-order valence-electron chi connectivity index (χ2n) is 5.11. The molecule has 3 aromatic rings. The van der Waals surface area contributed by atoms with Crippen molar-refractivity contribution in [1.82, 2.24) is 4.98 Å². The number of aryl methyl sites for hydroxylation is 1. The van der Waals surface area contributed by atoms with Crippen molar-refractivity contribution in [2.24, 2.45) is 5.73 Å². The van der Waals surface area contributed by atoms with Crippen LogP contribution >= 0.6 is 0 Å². The molecular formula is C18H18N2O. The Morgan fingerprint density at radius 1 is 1.10 bits per heavy atom. The first kappa shape index (κ1) is 13.6. The van der Waals surface area contributed by atoms with E-state index in [1.54, 1.807) is 6.20 Å². The molecule has 0 saturated heterocycles. The van der Waals surface area contributed by atoms with Crippen LogP contribution in [0.1, 0.15) is 17.2 Å². The Balaban J connectivity index is 1.86. The first-order chi connectivity index (χ1) is 10.3. The summed E-state index contributed by atoms with van der Waals surface area (Å²) in [6.45, 7) is 2.50. The Labute approximate surface area is 124 Å². The summed E-state index contributed by atoms with van der Waals surface area (Å²) in [6, 6.07) is 18.2. The zero-order chi connectivity index (χ0) is 14.7. The maximum absolute atomic E-state index is 6.03. The lowest BCUT2D eigenvalue weighted by molar-refractivity contribution is 0.214. The number of nitrogens with two attached hydrogens (primary N) is 1. The number of hydrogen-bond acceptors (Lipinski definition) is 3. The van der Waals surface area contributed by atoms with Crippen LogP contribution in [0.4, 0.5) is 0 Å². The zero-order valence-electron chi connectivity index (χ0n) is 12.0. The van der Waals surface area contributed by atoms with E-state index < -0.39 is 0 Å². The number of nitrogens with zero attached hydrogens (tertiary/aromatic N) is 1. The molecule has 1 atom stereocenters. The fourth-order valence-corrected chi connectivity index (χ4v) is 2.32. The lowest BCUT2D eigenvalue weighted by Crippen LogP contribution is -2.18. The van der Waals surface area contributed by atoms with Crippen molar-refractivity contribution in [2.75, 3.05) is 6.54 Å². The largest absolute Gasteiger partial charge is 0.484 e. The van der Waals surface area contributed by atoms with Gasteiger partial charge in [-0.05, 0) is 30.7 Å². The lowest BCUT2D eigenvalue weighted by atomic mass is 10.1. The molecule has 0 fully saturated rings. The van der Waals surface area contributed by atoms with Gasteiger partial charge in [0, 0.05) is 24.2 Å². The fraction of sp³-hybridized carbons (Fsp3) is 0.167. The minimum absolute atomic E-state index is 0.147. The highest BCUT2D eigenvalue weighted by atomic mass is 16.5. The maximum atomic E-state index is 6.03. The van der Waals surface area contributed by atoms with Gasteiger partial charge in [0.25, 0.3) is 0 Å². The number of pyridine rings is 1. The molecule has 0 saturated carbocycles. The van der Waals surface area contributed by atoms with Crippen LogP contribution in [0.2, 0.25) is 0 Å². The van der Waals surface area contributed by atoms with Crippen molar-refractivity contribution in [3.8, 4) is 5.75 Å². The molecule has 0 radical (unpaired) electrons. The highest BCUT2D eigenvalue weighted by Gasteiger charge is 2.11. The van der Waals surface area contributed by atoms with Gasteiger partial charge in [0.2, 0.25) is 0 Å². The summed E-state index contributed by atoms with van der Waals surface area (Å²) in [5.74, 6) is 0.789. The average Bonchev–Trinajstić information content (AvgIpc) is 2.53. The van der Waals surface area contributed by atoms with Gasteiger partial charge in [0.05, 0.1) is 5.52 Å². The van der Waals surface area contributed by atoms with Crippen molar-refractivity contribution >= 4 is 10.9 Å². The van der Waals surface area contributed by atoms with Gasteiger partial charge in [-0.1, -0.05) is 35.9 Å². The summed E-state index contributed by atoms with van der Waals surface area (Å²) in [5, 5.41) is 1.10. The highest BCUT2D eigenvalue weighted by molar-refractivity contribution is 5.79. The molecular weight excluding hydrogens is 260 g/mol. The molecule has 3 nitrogen and oxygen atoms in total. The number of fused-ring (bicyclic) bond motifs is 1.